The second-order valence-electron chi connectivity index (χ2n) is 9.67. The molecule has 1 aromatic carbocycles. The Balaban J connectivity index is 0.000000658. The number of esters is 1. The summed E-state index contributed by atoms with van der Waals surface area (Å²) >= 11 is 0. The monoisotopic (exact) mass is 499 g/mol. The minimum absolute atomic E-state index is 0.0571. The number of hydrogen-bond acceptors (Lipinski definition) is 8. The summed E-state index contributed by atoms with van der Waals surface area (Å²) in [5.74, 6) is -2.42. The lowest BCUT2D eigenvalue weighted by Gasteiger charge is -2.39. The number of carbonyl (C=O) groups is 3. The molecule has 0 saturated heterocycles. The number of unbranched alkanes of at least 4 members (excludes halogenated alkanes) is 2. The van der Waals surface area contributed by atoms with Crippen LogP contribution < -0.4 is 0 Å². The Labute approximate surface area is 212 Å². The van der Waals surface area contributed by atoms with Crippen LogP contribution in [-0.4, -0.2) is 42.1 Å². The van der Waals surface area contributed by atoms with Gasteiger partial charge in [0.1, 0.15) is 0 Å². The van der Waals surface area contributed by atoms with Crippen molar-refractivity contribution in [3.05, 3.63) is 41.0 Å². The molecule has 1 saturated carbocycles. The minimum atomic E-state index is -1.02. The van der Waals surface area contributed by atoms with E-state index in [2.05, 4.69) is 24.1 Å². The smallest absolute Gasteiger partial charge is 0.369 e. The third kappa shape index (κ3) is 5.94. The first-order chi connectivity index (χ1) is 17.3. The first kappa shape index (κ1) is 27.4. The maximum Gasteiger partial charge on any atom is 0.369 e. The number of benzene rings is 1. The lowest BCUT2D eigenvalue weighted by molar-refractivity contribution is -0.252. The van der Waals surface area contributed by atoms with Gasteiger partial charge >= 0.3 is 11.9 Å². The summed E-state index contributed by atoms with van der Waals surface area (Å²) in [5, 5.41) is 8.07. The second-order valence-corrected chi connectivity index (χ2v) is 9.67. The molecule has 1 spiro atoms. The van der Waals surface area contributed by atoms with Crippen LogP contribution in [0.5, 0.6) is 0 Å². The quantitative estimate of drug-likeness (QED) is 0.249. The number of ether oxygens (including phenoxy) is 3. The largest absolute Gasteiger partial charge is 0.467 e. The molecule has 2 aliphatic heterocycles. The zero-order chi connectivity index (χ0) is 26.3. The van der Waals surface area contributed by atoms with Gasteiger partial charge in [0.05, 0.1) is 23.9 Å². The van der Waals surface area contributed by atoms with E-state index in [0.717, 1.165) is 19.3 Å². The van der Waals surface area contributed by atoms with Gasteiger partial charge in [0.2, 0.25) is 0 Å². The van der Waals surface area contributed by atoms with E-state index in [4.69, 9.17) is 14.2 Å². The summed E-state index contributed by atoms with van der Waals surface area (Å²) in [5.41, 5.74) is 0.417. The highest BCUT2D eigenvalue weighted by molar-refractivity contribution is 6.23. The Kier molecular flexibility index (Phi) is 9.23. The van der Waals surface area contributed by atoms with Crippen molar-refractivity contribution in [3.8, 4) is 0 Å². The first-order valence-corrected chi connectivity index (χ1v) is 12.9. The van der Waals surface area contributed by atoms with E-state index in [1.165, 1.54) is 31.3 Å². The predicted molar refractivity (Wildman–Crippen MR) is 133 cm³/mol. The number of methoxy groups -OCH3 is 1. The van der Waals surface area contributed by atoms with E-state index >= 15 is 0 Å². The van der Waals surface area contributed by atoms with Crippen LogP contribution in [0.1, 0.15) is 99.8 Å². The van der Waals surface area contributed by atoms with E-state index in [0.29, 0.717) is 19.4 Å². The number of hydrogen-bond donors (Lipinski definition) is 0. The summed E-state index contributed by atoms with van der Waals surface area (Å²) in [4.78, 5) is 39.4. The molecule has 0 unspecified atom stereocenters. The van der Waals surface area contributed by atoms with Gasteiger partial charge in [-0.25, -0.2) is 4.79 Å². The minimum Gasteiger partial charge on any atom is -0.467 e. The standard InChI is InChI=1S/C22H25N3O6.C5H12/c1-13(2)12-25-18(26)14-8-7-9-15(16(14)19(25)27)23-24-17-20(28)30-22(31-21(17)29-3)10-5-4-6-11-22;1-3-5-4-2/h7-9,13H,4-6,10-12H2,1-3H3;3-5H2,1-2H3. The van der Waals surface area contributed by atoms with Crippen LogP contribution in [0.15, 0.2) is 40.1 Å². The molecule has 1 fully saturated rings. The van der Waals surface area contributed by atoms with Gasteiger partial charge in [-0.2, -0.15) is 0 Å². The summed E-state index contributed by atoms with van der Waals surface area (Å²) in [7, 11) is 1.38. The first-order valence-electron chi connectivity index (χ1n) is 12.9. The number of azo groups is 1. The van der Waals surface area contributed by atoms with Gasteiger partial charge in [0, 0.05) is 19.4 Å². The van der Waals surface area contributed by atoms with E-state index in [-0.39, 0.29) is 40.3 Å². The average molecular weight is 500 g/mol. The molecule has 2 heterocycles. The van der Waals surface area contributed by atoms with Crippen molar-refractivity contribution in [2.45, 2.75) is 84.8 Å². The van der Waals surface area contributed by atoms with Crippen LogP contribution in [0.4, 0.5) is 5.69 Å². The summed E-state index contributed by atoms with van der Waals surface area (Å²) in [6, 6.07) is 4.77. The SMILES string of the molecule is CCCCC.COC1=C(N=Nc2cccc3c2C(=O)N(CC(C)C)C3=O)C(=O)OC2(CCCCC2)O1. The molecule has 0 atom stereocenters. The van der Waals surface area contributed by atoms with Crippen LogP contribution in [-0.2, 0) is 19.0 Å². The lowest BCUT2D eigenvalue weighted by Crippen LogP contribution is -2.44. The molecule has 0 bridgehead atoms. The summed E-state index contributed by atoms with van der Waals surface area (Å²) in [6.45, 7) is 8.59. The highest BCUT2D eigenvalue weighted by atomic mass is 16.8. The number of imide groups is 1. The van der Waals surface area contributed by atoms with Gasteiger partial charge in [0.15, 0.2) is 0 Å². The van der Waals surface area contributed by atoms with Gasteiger partial charge in [-0.3, -0.25) is 14.5 Å². The fourth-order valence-electron chi connectivity index (χ4n) is 4.44. The average Bonchev–Trinajstić information content (AvgIpc) is 3.09. The maximum atomic E-state index is 12.9. The third-order valence-corrected chi connectivity index (χ3v) is 6.23. The highest BCUT2D eigenvalue weighted by Gasteiger charge is 2.46. The van der Waals surface area contributed by atoms with Crippen molar-refractivity contribution in [3.63, 3.8) is 0 Å². The van der Waals surface area contributed by atoms with Crippen molar-refractivity contribution in [2.24, 2.45) is 16.1 Å². The highest BCUT2D eigenvalue weighted by Crippen LogP contribution is 2.40. The number of carbonyl (C=O) groups excluding carboxylic acids is 3. The Morgan fingerprint density at radius 1 is 1.00 bits per heavy atom. The molecule has 3 aliphatic rings. The van der Waals surface area contributed by atoms with E-state index < -0.39 is 17.7 Å². The number of nitrogens with zero attached hydrogens (tertiary/aromatic N) is 3. The number of rotatable bonds is 7. The van der Waals surface area contributed by atoms with Crippen molar-refractivity contribution < 1.29 is 28.6 Å². The fourth-order valence-corrected chi connectivity index (χ4v) is 4.44. The van der Waals surface area contributed by atoms with Crippen molar-refractivity contribution in [1.29, 1.82) is 0 Å². The molecule has 1 aliphatic carbocycles. The molecule has 9 nitrogen and oxygen atoms in total. The maximum absolute atomic E-state index is 12.9. The summed E-state index contributed by atoms with van der Waals surface area (Å²) < 4.78 is 16.7. The molecule has 0 aromatic heterocycles. The van der Waals surface area contributed by atoms with Gasteiger partial charge in [-0.05, 0) is 30.9 Å². The Morgan fingerprint density at radius 2 is 1.69 bits per heavy atom. The van der Waals surface area contributed by atoms with E-state index in [1.54, 1.807) is 18.2 Å². The zero-order valence-corrected chi connectivity index (χ0v) is 22.0. The Morgan fingerprint density at radius 3 is 2.28 bits per heavy atom. The molecule has 196 valence electrons. The molecule has 0 N–H and O–H groups in total. The zero-order valence-electron chi connectivity index (χ0n) is 22.0. The number of amides is 2. The van der Waals surface area contributed by atoms with Crippen LogP contribution >= 0.6 is 0 Å². The van der Waals surface area contributed by atoms with Crippen LogP contribution in [0.2, 0.25) is 0 Å². The van der Waals surface area contributed by atoms with Crippen molar-refractivity contribution in [1.82, 2.24) is 4.90 Å². The molecule has 4 rings (SSSR count). The van der Waals surface area contributed by atoms with E-state index in [9.17, 15) is 14.4 Å². The van der Waals surface area contributed by atoms with Crippen LogP contribution in [0, 0.1) is 5.92 Å². The van der Waals surface area contributed by atoms with Gasteiger partial charge in [-0.1, -0.05) is 59.4 Å². The van der Waals surface area contributed by atoms with Crippen molar-refractivity contribution >= 4 is 23.5 Å². The molecule has 2 amide bonds. The van der Waals surface area contributed by atoms with Crippen molar-refractivity contribution in [2.75, 3.05) is 13.7 Å². The van der Waals surface area contributed by atoms with Gasteiger partial charge < -0.3 is 14.2 Å². The molecule has 36 heavy (non-hydrogen) atoms. The topological polar surface area (TPSA) is 107 Å². The second kappa shape index (κ2) is 12.1. The third-order valence-electron chi connectivity index (χ3n) is 6.23. The molecule has 1 aromatic rings. The predicted octanol–water partition coefficient (Wildman–Crippen LogP) is 6.27. The molecule has 9 heteroatoms. The van der Waals surface area contributed by atoms with Crippen LogP contribution in [0.25, 0.3) is 0 Å². The Hall–Kier alpha value is -3.23. The molecular weight excluding hydrogens is 462 g/mol. The fraction of sp³-hybridized carbons (Fsp3) is 0.593. The molecule has 0 radical (unpaired) electrons. The van der Waals surface area contributed by atoms with Gasteiger partial charge in [-0.15, -0.1) is 10.2 Å². The normalized spacial score (nSPS) is 18.8. The van der Waals surface area contributed by atoms with E-state index in [1.807, 2.05) is 13.8 Å². The number of fused-ring (bicyclic) bond motifs is 1. The lowest BCUT2D eigenvalue weighted by atomic mass is 9.93. The van der Waals surface area contributed by atoms with Gasteiger partial charge in [0.25, 0.3) is 23.3 Å². The summed E-state index contributed by atoms with van der Waals surface area (Å²) in [6.07, 6.45) is 8.09. The molecular formula is C27H37N3O6. The Bertz CT molecular complexity index is 1040. The van der Waals surface area contributed by atoms with Crippen LogP contribution in [0.3, 0.4) is 0 Å².